The van der Waals surface area contributed by atoms with Crippen LogP contribution in [0.4, 0.5) is 0 Å². The lowest BCUT2D eigenvalue weighted by Crippen LogP contribution is -2.61. The van der Waals surface area contributed by atoms with Crippen molar-refractivity contribution < 1.29 is 73.8 Å². The molecule has 15 nitrogen and oxygen atoms in total. The monoisotopic (exact) mass is 955 g/mol. The number of ether oxygens (including phenoxy) is 6. The fourth-order valence-corrected chi connectivity index (χ4v) is 7.75. The van der Waals surface area contributed by atoms with Crippen molar-refractivity contribution in [2.75, 3.05) is 26.4 Å². The summed E-state index contributed by atoms with van der Waals surface area (Å²) in [7, 11) is 0. The molecule has 0 aliphatic carbocycles. The summed E-state index contributed by atoms with van der Waals surface area (Å²) in [5.74, 6) is -0.962. The smallest absolute Gasteiger partial charge is 0.306 e. The maximum atomic E-state index is 13.0. The van der Waals surface area contributed by atoms with Gasteiger partial charge in [0.05, 0.1) is 19.8 Å². The Morgan fingerprint density at radius 1 is 0.478 bits per heavy atom. The van der Waals surface area contributed by atoms with Crippen molar-refractivity contribution >= 4 is 11.9 Å². The van der Waals surface area contributed by atoms with Gasteiger partial charge in [-0.2, -0.15) is 0 Å². The van der Waals surface area contributed by atoms with E-state index in [1.165, 1.54) is 51.4 Å². The van der Waals surface area contributed by atoms with Gasteiger partial charge < -0.3 is 64.2 Å². The summed E-state index contributed by atoms with van der Waals surface area (Å²) in [6, 6.07) is 0. The van der Waals surface area contributed by atoms with Crippen LogP contribution >= 0.6 is 0 Å². The molecule has 4 unspecified atom stereocenters. The van der Waals surface area contributed by atoms with Gasteiger partial charge >= 0.3 is 11.9 Å². The number of carbonyl (C=O) groups excluding carboxylic acids is 2. The van der Waals surface area contributed by atoms with E-state index in [0.717, 1.165) is 83.5 Å². The second kappa shape index (κ2) is 39.2. The molecule has 0 aromatic carbocycles. The van der Waals surface area contributed by atoms with Crippen LogP contribution in [0.1, 0.15) is 174 Å². The maximum absolute atomic E-state index is 13.0. The fourth-order valence-electron chi connectivity index (χ4n) is 7.75. The topological polar surface area (TPSA) is 231 Å². The second-order valence-electron chi connectivity index (χ2n) is 18.0. The van der Waals surface area contributed by atoms with Crippen molar-refractivity contribution in [3.8, 4) is 0 Å². The van der Waals surface area contributed by atoms with Crippen LogP contribution in [0.25, 0.3) is 0 Å². The molecule has 2 rings (SSSR count). The molecule has 7 N–H and O–H groups in total. The summed E-state index contributed by atoms with van der Waals surface area (Å²) in [4.78, 5) is 25.7. The zero-order valence-electron chi connectivity index (χ0n) is 40.9. The van der Waals surface area contributed by atoms with E-state index >= 15 is 0 Å². The summed E-state index contributed by atoms with van der Waals surface area (Å²) in [5.41, 5.74) is 0. The number of allylic oxidation sites excluding steroid dienone is 8. The summed E-state index contributed by atoms with van der Waals surface area (Å²) >= 11 is 0. The van der Waals surface area contributed by atoms with Crippen LogP contribution in [0.15, 0.2) is 48.6 Å². The number of hydrogen-bond donors (Lipinski definition) is 7. The molecule has 2 heterocycles. The predicted octanol–water partition coefficient (Wildman–Crippen LogP) is 7.10. The van der Waals surface area contributed by atoms with Crippen molar-refractivity contribution in [1.82, 2.24) is 0 Å². The first-order chi connectivity index (χ1) is 32.5. The number of hydrogen-bond acceptors (Lipinski definition) is 15. The average molecular weight is 955 g/mol. The van der Waals surface area contributed by atoms with E-state index in [9.17, 15) is 45.3 Å². The highest BCUT2D eigenvalue weighted by molar-refractivity contribution is 5.70. The zero-order valence-corrected chi connectivity index (χ0v) is 40.9. The molecular formula is C52H90O15. The van der Waals surface area contributed by atoms with Crippen molar-refractivity contribution in [3.05, 3.63) is 48.6 Å². The minimum atomic E-state index is -1.77. The van der Waals surface area contributed by atoms with Gasteiger partial charge in [0, 0.05) is 12.8 Å². The first-order valence-corrected chi connectivity index (χ1v) is 25.7. The molecule has 15 heteroatoms. The largest absolute Gasteiger partial charge is 0.462 e. The van der Waals surface area contributed by atoms with Crippen LogP contribution in [-0.4, -0.2) is 142 Å². The van der Waals surface area contributed by atoms with Crippen LogP contribution in [0.3, 0.4) is 0 Å². The van der Waals surface area contributed by atoms with Gasteiger partial charge in [-0.15, -0.1) is 0 Å². The van der Waals surface area contributed by atoms with E-state index in [2.05, 4.69) is 62.5 Å². The van der Waals surface area contributed by atoms with E-state index in [1.807, 2.05) is 0 Å². The highest BCUT2D eigenvalue weighted by atomic mass is 16.7. The molecule has 0 saturated carbocycles. The van der Waals surface area contributed by atoms with Gasteiger partial charge in [-0.1, -0.05) is 133 Å². The molecule has 0 aromatic heterocycles. The van der Waals surface area contributed by atoms with Gasteiger partial charge in [0.15, 0.2) is 18.7 Å². The van der Waals surface area contributed by atoms with E-state index in [0.29, 0.717) is 12.8 Å². The van der Waals surface area contributed by atoms with Crippen molar-refractivity contribution in [2.24, 2.45) is 0 Å². The Labute approximate surface area is 401 Å². The Morgan fingerprint density at radius 2 is 0.896 bits per heavy atom. The average Bonchev–Trinajstić information content (AvgIpc) is 3.32. The maximum Gasteiger partial charge on any atom is 0.306 e. The Morgan fingerprint density at radius 3 is 1.45 bits per heavy atom. The van der Waals surface area contributed by atoms with E-state index in [1.54, 1.807) is 0 Å². The Balaban J connectivity index is 1.83. The molecule has 11 atom stereocenters. The number of esters is 2. The number of carbonyl (C=O) groups is 2. The van der Waals surface area contributed by atoms with Crippen LogP contribution in [0, 0.1) is 0 Å². The first-order valence-electron chi connectivity index (χ1n) is 25.7. The quantitative estimate of drug-likeness (QED) is 0.0185. The molecule has 2 saturated heterocycles. The number of unbranched alkanes of at least 4 members (excludes halogenated alkanes) is 17. The molecule has 67 heavy (non-hydrogen) atoms. The number of rotatable bonds is 39. The summed E-state index contributed by atoms with van der Waals surface area (Å²) < 4.78 is 33.5. The SMILES string of the molecule is CCCCC/C=C/C/C=C/C/C=C/CCCCCCC(=O)OC[C@@H](CO[C@@H]1O[C@H](CO[C@@H]2O[C@H](CO)[C@H](O)C(O)C2O)[C@H](O)C(O)C1O)OC(=O)CCCCCCC/C=C/CCCCCCC. The molecule has 0 bridgehead atoms. The van der Waals surface area contributed by atoms with Crippen LogP contribution in [0.5, 0.6) is 0 Å². The van der Waals surface area contributed by atoms with Gasteiger partial charge in [-0.3, -0.25) is 9.59 Å². The van der Waals surface area contributed by atoms with Crippen molar-refractivity contribution in [2.45, 2.75) is 242 Å². The van der Waals surface area contributed by atoms with Gasteiger partial charge in [-0.25, -0.2) is 0 Å². The summed E-state index contributed by atoms with van der Waals surface area (Å²) in [6.45, 7) is 2.51. The highest BCUT2D eigenvalue weighted by Gasteiger charge is 2.47. The predicted molar refractivity (Wildman–Crippen MR) is 257 cm³/mol. The lowest BCUT2D eigenvalue weighted by molar-refractivity contribution is -0.332. The van der Waals surface area contributed by atoms with E-state index in [-0.39, 0.29) is 19.4 Å². The fraction of sp³-hybridized carbons (Fsp3) is 0.808. The lowest BCUT2D eigenvalue weighted by atomic mass is 9.98. The van der Waals surface area contributed by atoms with Gasteiger partial charge in [0.2, 0.25) is 0 Å². The number of aliphatic hydroxyl groups excluding tert-OH is 7. The minimum Gasteiger partial charge on any atom is -0.462 e. The standard InChI is InChI=1S/C52H90O15/c1-3-5-7-9-11-13-15-17-19-20-21-23-24-26-28-30-32-34-43(54)62-37-40(65-44(55)35-33-31-29-27-25-22-18-16-14-12-10-8-6-4-2)38-63-51-50(61)48(59)46(57)42(67-51)39-64-52-49(60)47(58)45(56)41(36-53)66-52/h11,13,16-19,21,23,40-42,45-53,56-61H,3-10,12,14-15,20,22,24-39H2,1-2H3/b13-11+,18-16+,19-17+,23-21+/t40-,41+,42+,45-,46-,47?,48?,49?,50?,51+,52+/m0/s1. The molecule has 0 radical (unpaired) electrons. The van der Waals surface area contributed by atoms with Crippen LogP contribution in [0.2, 0.25) is 0 Å². The molecule has 0 amide bonds. The van der Waals surface area contributed by atoms with Crippen LogP contribution < -0.4 is 0 Å². The summed E-state index contributed by atoms with van der Waals surface area (Å²) in [6.07, 6.45) is 25.6. The highest BCUT2D eigenvalue weighted by Crippen LogP contribution is 2.26. The van der Waals surface area contributed by atoms with Crippen molar-refractivity contribution in [3.63, 3.8) is 0 Å². The van der Waals surface area contributed by atoms with Gasteiger partial charge in [0.1, 0.15) is 55.4 Å². The molecule has 2 aliphatic rings. The molecule has 2 aliphatic heterocycles. The normalized spacial score (nSPS) is 26.3. The molecule has 2 fully saturated rings. The van der Waals surface area contributed by atoms with Crippen LogP contribution in [-0.2, 0) is 38.0 Å². The molecule has 0 spiro atoms. The van der Waals surface area contributed by atoms with E-state index < -0.39 is 99.3 Å². The first kappa shape index (κ1) is 60.6. The van der Waals surface area contributed by atoms with Gasteiger partial charge in [0.25, 0.3) is 0 Å². The zero-order chi connectivity index (χ0) is 48.9. The molecule has 0 aromatic rings. The number of aliphatic hydroxyl groups is 7. The Hall–Kier alpha value is -2.54. The third-order valence-electron chi connectivity index (χ3n) is 12.0. The molecule has 388 valence electrons. The second-order valence-corrected chi connectivity index (χ2v) is 18.0. The molecular weight excluding hydrogens is 865 g/mol. The lowest BCUT2D eigenvalue weighted by Gasteiger charge is -2.42. The Bertz CT molecular complexity index is 1350. The minimum absolute atomic E-state index is 0.149. The van der Waals surface area contributed by atoms with Gasteiger partial charge in [-0.05, 0) is 77.0 Å². The van der Waals surface area contributed by atoms with Crippen molar-refractivity contribution in [1.29, 1.82) is 0 Å². The third kappa shape index (κ3) is 27.4. The third-order valence-corrected chi connectivity index (χ3v) is 12.0. The summed E-state index contributed by atoms with van der Waals surface area (Å²) in [5, 5.41) is 72.0. The Kier molecular flexibility index (Phi) is 35.5. The van der Waals surface area contributed by atoms with E-state index in [4.69, 9.17) is 28.4 Å².